The molecule has 1 atom stereocenters. The van der Waals surface area contributed by atoms with Crippen LogP contribution < -0.4 is 0 Å². The van der Waals surface area contributed by atoms with Crippen molar-refractivity contribution >= 4 is 55.1 Å². The third kappa shape index (κ3) is 3.39. The summed E-state index contributed by atoms with van der Waals surface area (Å²) in [5, 5.41) is 0.395. The molecule has 15 heavy (non-hydrogen) atoms. The minimum Gasteiger partial charge on any atom is -0.480 e. The smallest absolute Gasteiger partial charge is 0.343 e. The number of ether oxygens (including phenoxy) is 2. The van der Waals surface area contributed by atoms with Gasteiger partial charge in [0.1, 0.15) is 9.50 Å². The van der Waals surface area contributed by atoms with Gasteiger partial charge in [0.25, 0.3) is 0 Å². The Balaban J connectivity index is 2.87. The minimum absolute atomic E-state index is 0.395. The predicted octanol–water partition coefficient (Wildman–Crippen LogP) is 3.18. The first kappa shape index (κ1) is 12.9. The third-order valence-corrected chi connectivity index (χ3v) is 2.57. The lowest BCUT2D eigenvalue weighted by Crippen LogP contribution is -2.18. The van der Waals surface area contributed by atoms with Crippen LogP contribution in [0.25, 0.3) is 0 Å². The van der Waals surface area contributed by atoms with Crippen LogP contribution in [0.15, 0.2) is 20.8 Å². The molecule has 1 heterocycles. The van der Waals surface area contributed by atoms with Gasteiger partial charge < -0.3 is 9.47 Å². The molecule has 6 heteroatoms. The van der Waals surface area contributed by atoms with Crippen LogP contribution in [-0.4, -0.2) is 17.1 Å². The van der Waals surface area contributed by atoms with Crippen molar-refractivity contribution in [1.29, 1.82) is 0 Å². The maximum atomic E-state index is 11.4. The maximum absolute atomic E-state index is 11.4. The van der Waals surface area contributed by atoms with E-state index in [0.717, 1.165) is 0 Å². The second-order valence-electron chi connectivity index (χ2n) is 2.87. The first-order chi connectivity index (χ1) is 6.91. The fraction of sp³-hybridized carbons (Fsp3) is 0.333. The Morgan fingerprint density at radius 1 is 1.60 bits per heavy atom. The van der Waals surface area contributed by atoms with Crippen LogP contribution in [0, 0.1) is 0 Å². The molecule has 0 radical (unpaired) electrons. The van der Waals surface area contributed by atoms with Gasteiger partial charge in [-0.2, -0.15) is 0 Å². The molecule has 0 N–H and O–H groups in total. The normalized spacial score (nSPS) is 16.9. The van der Waals surface area contributed by atoms with Gasteiger partial charge in [-0.3, -0.25) is 0 Å². The zero-order valence-electron chi connectivity index (χ0n) is 8.04. The average molecular weight is 356 g/mol. The van der Waals surface area contributed by atoms with Gasteiger partial charge in [-0.05, 0) is 57.1 Å². The number of cyclic esters (lactones) is 1. The van der Waals surface area contributed by atoms with Crippen molar-refractivity contribution < 1.29 is 14.3 Å². The van der Waals surface area contributed by atoms with Crippen molar-refractivity contribution in [3.8, 4) is 0 Å². The molecule has 0 spiro atoms. The molecule has 0 aromatic carbocycles. The molecule has 82 valence electrons. The van der Waals surface area contributed by atoms with E-state index in [1.54, 1.807) is 19.9 Å². The molecular weight excluding hydrogens is 348 g/mol. The molecule has 0 amide bonds. The molecule has 0 bridgehead atoms. The monoisotopic (exact) mass is 354 g/mol. The quantitative estimate of drug-likeness (QED) is 0.563. The summed E-state index contributed by atoms with van der Waals surface area (Å²) < 4.78 is 10.8. The molecule has 0 aromatic rings. The van der Waals surface area contributed by atoms with E-state index >= 15 is 0 Å². The molecule has 1 rings (SSSR count). The van der Waals surface area contributed by atoms with Gasteiger partial charge in [-0.15, -0.1) is 0 Å². The highest BCUT2D eigenvalue weighted by Gasteiger charge is 2.28. The number of hydrogen-bond donors (Lipinski definition) is 0. The molecule has 1 aliphatic rings. The topological polar surface area (TPSA) is 35.5 Å². The zero-order chi connectivity index (χ0) is 11.6. The number of halogens is 2. The van der Waals surface area contributed by atoms with Crippen LogP contribution in [0.3, 0.4) is 0 Å². The van der Waals surface area contributed by atoms with Crippen molar-refractivity contribution in [2.24, 2.45) is 0 Å². The van der Waals surface area contributed by atoms with Gasteiger partial charge in [0, 0.05) is 6.92 Å². The van der Waals surface area contributed by atoms with E-state index in [-0.39, 0.29) is 0 Å². The van der Waals surface area contributed by atoms with Gasteiger partial charge in [-0.25, -0.2) is 4.79 Å². The Hall–Kier alpha value is -0.200. The van der Waals surface area contributed by atoms with Crippen molar-refractivity contribution in [1.82, 2.24) is 0 Å². The highest BCUT2D eigenvalue weighted by Crippen LogP contribution is 2.29. The average Bonchev–Trinajstić information content (AvgIpc) is 2.46. The number of hydrogen-bond acceptors (Lipinski definition) is 4. The van der Waals surface area contributed by atoms with Crippen LogP contribution in [0.4, 0.5) is 0 Å². The number of allylic oxidation sites excluding steroid dienone is 1. The lowest BCUT2D eigenvalue weighted by atomic mass is 10.1. The molecular formula is C9H8Br2O3S. The summed E-state index contributed by atoms with van der Waals surface area (Å²) in [5.74, 6) is 0.0256. The van der Waals surface area contributed by atoms with Crippen molar-refractivity contribution in [3.05, 3.63) is 20.8 Å². The predicted molar refractivity (Wildman–Crippen MR) is 67.9 cm³/mol. The van der Waals surface area contributed by atoms with Crippen molar-refractivity contribution in [2.45, 2.75) is 20.0 Å². The summed E-state index contributed by atoms with van der Waals surface area (Å²) >= 11 is 11.1. The molecule has 0 fully saturated rings. The fourth-order valence-corrected chi connectivity index (χ4v) is 1.61. The molecule has 0 aromatic heterocycles. The Morgan fingerprint density at radius 3 is 2.60 bits per heavy atom. The Bertz CT molecular complexity index is 370. The van der Waals surface area contributed by atoms with E-state index < -0.39 is 12.1 Å². The zero-order valence-corrected chi connectivity index (χ0v) is 12.0. The largest absolute Gasteiger partial charge is 0.480 e. The number of carbonyl (C=O) groups excluding carboxylic acids is 1. The van der Waals surface area contributed by atoms with Crippen LogP contribution in [0.1, 0.15) is 13.8 Å². The minimum atomic E-state index is -0.412. The van der Waals surface area contributed by atoms with E-state index in [2.05, 4.69) is 31.9 Å². The van der Waals surface area contributed by atoms with E-state index in [9.17, 15) is 4.79 Å². The molecule has 0 aliphatic carbocycles. The number of thiocarbonyl (C=S) groups is 1. The maximum Gasteiger partial charge on any atom is 0.343 e. The Labute approximate surface area is 110 Å². The summed E-state index contributed by atoms with van der Waals surface area (Å²) in [6.07, 6.45) is 1.22. The van der Waals surface area contributed by atoms with E-state index in [1.807, 2.05) is 0 Å². The first-order valence-electron chi connectivity index (χ1n) is 4.08. The van der Waals surface area contributed by atoms with E-state index in [1.165, 1.54) is 0 Å². The summed E-state index contributed by atoms with van der Waals surface area (Å²) in [5.41, 5.74) is 0.450. The van der Waals surface area contributed by atoms with E-state index in [0.29, 0.717) is 19.8 Å². The lowest BCUT2D eigenvalue weighted by Gasteiger charge is -2.11. The highest BCUT2D eigenvalue weighted by atomic mass is 79.9. The Morgan fingerprint density at radius 2 is 2.20 bits per heavy atom. The molecule has 1 unspecified atom stereocenters. The second-order valence-corrected chi connectivity index (χ2v) is 6.09. The standard InChI is InChI=1S/C9H8Br2O3S/c1-4(13-5(2)15)6-3-7(8(10)11)14-9(6)12/h3-4H,1-2H3. The second kappa shape index (κ2) is 5.23. The first-order valence-corrected chi connectivity index (χ1v) is 6.07. The van der Waals surface area contributed by atoms with Crippen molar-refractivity contribution in [2.75, 3.05) is 0 Å². The van der Waals surface area contributed by atoms with E-state index in [4.69, 9.17) is 21.7 Å². The SMILES string of the molecule is CC(=S)OC(C)C1=CC(=C(Br)Br)OC1=O. The molecule has 0 saturated heterocycles. The van der Waals surface area contributed by atoms with Gasteiger partial charge in [-0.1, -0.05) is 0 Å². The van der Waals surface area contributed by atoms with Gasteiger partial charge in [0.15, 0.2) is 10.8 Å². The molecule has 3 nitrogen and oxygen atoms in total. The highest BCUT2D eigenvalue weighted by molar-refractivity contribution is 9.28. The fourth-order valence-electron chi connectivity index (χ4n) is 1.08. The van der Waals surface area contributed by atoms with Gasteiger partial charge in [0.2, 0.25) is 0 Å². The molecule has 0 saturated carbocycles. The number of rotatable bonds is 2. The molecule has 1 aliphatic heterocycles. The number of carbonyl (C=O) groups is 1. The van der Waals surface area contributed by atoms with Gasteiger partial charge in [0.05, 0.1) is 5.57 Å². The third-order valence-electron chi connectivity index (χ3n) is 1.69. The van der Waals surface area contributed by atoms with Gasteiger partial charge >= 0.3 is 5.97 Å². The summed E-state index contributed by atoms with van der Waals surface area (Å²) in [6.45, 7) is 3.40. The number of esters is 1. The van der Waals surface area contributed by atoms with Crippen LogP contribution in [0.2, 0.25) is 0 Å². The summed E-state index contributed by atoms with van der Waals surface area (Å²) in [7, 11) is 0. The summed E-state index contributed by atoms with van der Waals surface area (Å²) in [4.78, 5) is 11.4. The van der Waals surface area contributed by atoms with Crippen LogP contribution >= 0.6 is 44.1 Å². The lowest BCUT2D eigenvalue weighted by molar-refractivity contribution is -0.134. The summed E-state index contributed by atoms with van der Waals surface area (Å²) in [6, 6.07) is 0. The van der Waals surface area contributed by atoms with Crippen LogP contribution in [-0.2, 0) is 14.3 Å². The Kier molecular flexibility index (Phi) is 4.48. The van der Waals surface area contributed by atoms with Crippen molar-refractivity contribution in [3.63, 3.8) is 0 Å². The van der Waals surface area contributed by atoms with Crippen LogP contribution in [0.5, 0.6) is 0 Å².